The molecule has 13 heteroatoms. The van der Waals surface area contributed by atoms with Crippen LogP contribution in [0.1, 0.15) is 36.4 Å². The molecule has 3 N–H and O–H groups in total. The van der Waals surface area contributed by atoms with Crippen molar-refractivity contribution in [1.29, 1.82) is 0 Å². The summed E-state index contributed by atoms with van der Waals surface area (Å²) < 4.78 is 28.3. The number of aryl methyl sites for hydroxylation is 1. The van der Waals surface area contributed by atoms with E-state index in [9.17, 15) is 24.9 Å². The molecule has 0 bridgehead atoms. The number of benzene rings is 1. The molecule has 1 aliphatic rings. The zero-order valence-electron chi connectivity index (χ0n) is 19.4. The zero-order chi connectivity index (χ0) is 26.3. The maximum Gasteiger partial charge on any atom is 0.348 e. The van der Waals surface area contributed by atoms with Crippen molar-refractivity contribution in [3.8, 4) is 0 Å². The first-order valence-electron chi connectivity index (χ1n) is 11.0. The highest BCUT2D eigenvalue weighted by Gasteiger charge is 2.52. The van der Waals surface area contributed by atoms with Gasteiger partial charge < -0.3 is 24.8 Å². The van der Waals surface area contributed by atoms with Crippen molar-refractivity contribution in [2.75, 3.05) is 6.61 Å². The Morgan fingerprint density at radius 2 is 1.89 bits per heavy atom. The van der Waals surface area contributed by atoms with Crippen molar-refractivity contribution in [2.24, 2.45) is 0 Å². The van der Waals surface area contributed by atoms with Crippen LogP contribution in [-0.4, -0.2) is 70.8 Å². The third-order valence-electron chi connectivity index (χ3n) is 6.15. The van der Waals surface area contributed by atoms with Crippen molar-refractivity contribution in [2.45, 2.75) is 56.9 Å². The van der Waals surface area contributed by atoms with E-state index in [0.29, 0.717) is 22.3 Å². The Morgan fingerprint density at radius 1 is 1.25 bits per heavy atom. The first kappa shape index (κ1) is 25.9. The second-order valence-corrected chi connectivity index (χ2v) is 9.23. The Morgan fingerprint density at radius 3 is 2.50 bits per heavy atom. The number of carbonyl (C=O) groups is 2. The summed E-state index contributed by atoms with van der Waals surface area (Å²) in [5.74, 6) is -3.41. The number of alkyl halides is 1. The molecule has 0 spiro atoms. The summed E-state index contributed by atoms with van der Waals surface area (Å²) in [6, 6.07) is 6.12. The van der Waals surface area contributed by atoms with Crippen LogP contribution in [0.3, 0.4) is 0 Å². The lowest BCUT2D eigenvalue weighted by Gasteiger charge is -2.27. The Labute approximate surface area is 209 Å². The molecular formula is C23H24ClFN4O7. The van der Waals surface area contributed by atoms with Gasteiger partial charge in [-0.25, -0.2) is 23.9 Å². The second-order valence-electron chi connectivity index (χ2n) is 8.89. The van der Waals surface area contributed by atoms with Crippen LogP contribution >= 0.6 is 11.6 Å². The molecule has 1 aliphatic heterocycles. The Bertz CT molecular complexity index is 1280. The summed E-state index contributed by atoms with van der Waals surface area (Å²) in [4.78, 5) is 36.5. The zero-order valence-corrected chi connectivity index (χ0v) is 20.1. The molecule has 0 aliphatic carbocycles. The summed E-state index contributed by atoms with van der Waals surface area (Å²) in [5.41, 5.74) is -2.44. The van der Waals surface area contributed by atoms with E-state index in [1.165, 1.54) is 30.0 Å². The number of aromatic nitrogens is 4. The fourth-order valence-corrected chi connectivity index (χ4v) is 4.48. The van der Waals surface area contributed by atoms with E-state index in [4.69, 9.17) is 21.1 Å². The normalized spacial score (nSPS) is 22.2. The standard InChI is InChI=1S/C23H24ClFN4O7/c1-12-16-17(28-21(24)27-12)29(11-26-16)18-22(2,25)8-15(36-18)10-35-23(19(31)32,20(33)34)7-13-3-5-14(9-30)6-4-13/h3-6,11,15,18,30H,7-10H2,1-2H3,(H,31,32)(H,33,34)/t15-,18+,22+/m0/s1. The molecule has 1 aromatic carbocycles. The number of fused-ring (bicyclic) bond motifs is 1. The van der Waals surface area contributed by atoms with Crippen LogP contribution < -0.4 is 0 Å². The lowest BCUT2D eigenvalue weighted by atomic mass is 9.93. The number of rotatable bonds is 9. The first-order chi connectivity index (χ1) is 17.0. The number of ether oxygens (including phenoxy) is 2. The minimum absolute atomic E-state index is 0.0417. The van der Waals surface area contributed by atoms with E-state index in [0.717, 1.165) is 0 Å². The van der Waals surface area contributed by atoms with Gasteiger partial charge in [-0.2, -0.15) is 4.98 Å². The number of aliphatic hydroxyl groups excluding tert-OH is 1. The van der Waals surface area contributed by atoms with Crippen LogP contribution in [0.4, 0.5) is 4.39 Å². The van der Waals surface area contributed by atoms with Gasteiger partial charge in [0.25, 0.3) is 5.60 Å². The highest BCUT2D eigenvalue weighted by Crippen LogP contribution is 2.42. The topological polar surface area (TPSA) is 157 Å². The van der Waals surface area contributed by atoms with Gasteiger partial charge in [0.15, 0.2) is 17.5 Å². The van der Waals surface area contributed by atoms with Gasteiger partial charge in [0.05, 0.1) is 31.3 Å². The number of aliphatic carboxylic acids is 2. The minimum Gasteiger partial charge on any atom is -0.479 e. The van der Waals surface area contributed by atoms with E-state index < -0.39 is 48.6 Å². The minimum atomic E-state index is -2.63. The van der Waals surface area contributed by atoms with Gasteiger partial charge in [-0.05, 0) is 36.6 Å². The highest BCUT2D eigenvalue weighted by molar-refractivity contribution is 6.28. The van der Waals surface area contributed by atoms with E-state index in [1.807, 2.05) is 0 Å². The van der Waals surface area contributed by atoms with Crippen molar-refractivity contribution in [3.63, 3.8) is 0 Å². The first-order valence-corrected chi connectivity index (χ1v) is 11.3. The number of nitrogens with zero attached hydrogens (tertiary/aromatic N) is 4. The van der Waals surface area contributed by atoms with E-state index in [1.54, 1.807) is 19.1 Å². The van der Waals surface area contributed by atoms with Crippen LogP contribution in [0.5, 0.6) is 0 Å². The van der Waals surface area contributed by atoms with E-state index >= 15 is 4.39 Å². The molecule has 0 amide bonds. The van der Waals surface area contributed by atoms with Gasteiger partial charge in [0.2, 0.25) is 5.28 Å². The number of aliphatic hydroxyl groups is 1. The molecule has 4 rings (SSSR count). The molecule has 3 atom stereocenters. The lowest BCUT2D eigenvalue weighted by Crippen LogP contribution is -2.52. The van der Waals surface area contributed by atoms with E-state index in [-0.39, 0.29) is 24.0 Å². The molecule has 3 heterocycles. The van der Waals surface area contributed by atoms with Gasteiger partial charge >= 0.3 is 11.9 Å². The fraction of sp³-hybridized carbons (Fsp3) is 0.435. The molecule has 1 saturated heterocycles. The van der Waals surface area contributed by atoms with Gasteiger partial charge in [0, 0.05) is 12.8 Å². The molecule has 0 radical (unpaired) electrons. The smallest absolute Gasteiger partial charge is 0.348 e. The summed E-state index contributed by atoms with van der Waals surface area (Å²) in [6.45, 7) is 2.28. The molecular weight excluding hydrogens is 499 g/mol. The number of hydrogen-bond acceptors (Lipinski definition) is 8. The van der Waals surface area contributed by atoms with Crippen LogP contribution in [0.25, 0.3) is 11.2 Å². The largest absolute Gasteiger partial charge is 0.479 e. The number of carboxylic acid groups (broad SMARTS) is 2. The molecule has 0 unspecified atom stereocenters. The van der Waals surface area contributed by atoms with Gasteiger partial charge in [-0.1, -0.05) is 24.3 Å². The van der Waals surface area contributed by atoms with Crippen LogP contribution in [0.15, 0.2) is 30.6 Å². The number of halogens is 2. The second kappa shape index (κ2) is 9.69. The average molecular weight is 523 g/mol. The maximum atomic E-state index is 15.6. The Balaban J connectivity index is 1.56. The third kappa shape index (κ3) is 4.76. The SMILES string of the molecule is Cc1nc(Cl)nc2c1ncn2[C@@H]1O[C@H](COC(Cc2ccc(CO)cc2)(C(=O)O)C(=O)O)C[C@@]1(C)F. The molecule has 11 nitrogen and oxygen atoms in total. The Hall–Kier alpha value is -3.19. The number of imidazole rings is 1. The monoisotopic (exact) mass is 522 g/mol. The quantitative estimate of drug-likeness (QED) is 0.281. The third-order valence-corrected chi connectivity index (χ3v) is 6.32. The Kier molecular flexibility index (Phi) is 6.97. The van der Waals surface area contributed by atoms with Crippen LogP contribution in [0, 0.1) is 6.92 Å². The van der Waals surface area contributed by atoms with Crippen molar-refractivity contribution >= 4 is 34.7 Å². The lowest BCUT2D eigenvalue weighted by molar-refractivity contribution is -0.188. The molecule has 2 aromatic heterocycles. The number of hydrogen-bond donors (Lipinski definition) is 3. The summed E-state index contributed by atoms with van der Waals surface area (Å²) >= 11 is 5.96. The van der Waals surface area contributed by atoms with Gasteiger partial charge in [-0.3, -0.25) is 4.57 Å². The van der Waals surface area contributed by atoms with Crippen molar-refractivity contribution in [3.05, 3.63) is 52.7 Å². The average Bonchev–Trinajstić information content (AvgIpc) is 3.36. The van der Waals surface area contributed by atoms with Crippen molar-refractivity contribution < 1.29 is 38.8 Å². The van der Waals surface area contributed by atoms with Crippen molar-refractivity contribution in [1.82, 2.24) is 19.5 Å². The summed E-state index contributed by atoms with van der Waals surface area (Å²) in [7, 11) is 0. The van der Waals surface area contributed by atoms with Gasteiger partial charge in [-0.15, -0.1) is 0 Å². The predicted octanol–water partition coefficient (Wildman–Crippen LogP) is 2.46. The summed E-state index contributed by atoms with van der Waals surface area (Å²) in [5, 5.41) is 28.8. The maximum absolute atomic E-state index is 15.6. The molecule has 3 aromatic rings. The van der Waals surface area contributed by atoms with Gasteiger partial charge in [0.1, 0.15) is 5.52 Å². The molecule has 36 heavy (non-hydrogen) atoms. The molecule has 1 fully saturated rings. The summed E-state index contributed by atoms with van der Waals surface area (Å²) in [6.07, 6.45) is -1.50. The van der Waals surface area contributed by atoms with Crippen LogP contribution in [-0.2, 0) is 32.1 Å². The molecule has 0 saturated carbocycles. The highest BCUT2D eigenvalue weighted by atomic mass is 35.5. The predicted molar refractivity (Wildman–Crippen MR) is 123 cm³/mol. The van der Waals surface area contributed by atoms with E-state index in [2.05, 4.69) is 15.0 Å². The fourth-order valence-electron chi connectivity index (χ4n) is 4.27. The molecule has 192 valence electrons. The van der Waals surface area contributed by atoms with Crippen LogP contribution in [0.2, 0.25) is 5.28 Å². The number of carboxylic acids is 2.